The number of halogens is 5. The second kappa shape index (κ2) is 7.42. The molecule has 0 unspecified atom stereocenters. The Morgan fingerprint density at radius 2 is 1.67 bits per heavy atom. The fourth-order valence-electron chi connectivity index (χ4n) is 0.492. The van der Waals surface area contributed by atoms with Crippen molar-refractivity contribution in [1.29, 1.82) is 0 Å². The van der Waals surface area contributed by atoms with Crippen molar-refractivity contribution < 1.29 is 18.5 Å². The zero-order chi connectivity index (χ0) is 6.85. The molecule has 0 bridgehead atoms. The minimum absolute atomic E-state index is 0. The molecule has 0 saturated heterocycles. The summed E-state index contributed by atoms with van der Waals surface area (Å²) >= 11 is 6.88. The molecule has 0 amide bonds. The highest BCUT2D eigenvalue weighted by Gasteiger charge is 1.99. The van der Waals surface area contributed by atoms with Crippen LogP contribution in [-0.4, -0.2) is 0 Å². The zero-order valence-corrected chi connectivity index (χ0v) is 8.14. The van der Waals surface area contributed by atoms with Gasteiger partial charge in [-0.2, -0.15) is 0 Å². The number of hydrogen-bond acceptors (Lipinski definition) is 1. The average molecular weight is 267 g/mol. The molecule has 0 spiro atoms. The van der Waals surface area contributed by atoms with Gasteiger partial charge in [0.05, 0.1) is 4.47 Å². The van der Waals surface area contributed by atoms with Gasteiger partial charge >= 0.3 is 0 Å². The first kappa shape index (κ1) is 17.8. The van der Waals surface area contributed by atoms with Crippen molar-refractivity contribution in [1.82, 2.24) is 0 Å². The van der Waals surface area contributed by atoms with Crippen LogP contribution in [0.3, 0.4) is 0 Å². The molecule has 0 aliphatic heterocycles. The lowest BCUT2D eigenvalue weighted by Gasteiger charge is -1.94. The van der Waals surface area contributed by atoms with E-state index in [-0.39, 0.29) is 19.9 Å². The normalized spacial score (nSPS) is 7.25. The third kappa shape index (κ3) is 3.96. The van der Waals surface area contributed by atoms with Crippen molar-refractivity contribution in [3.63, 3.8) is 0 Å². The van der Waals surface area contributed by atoms with Crippen LogP contribution in [0.25, 0.3) is 0 Å². The van der Waals surface area contributed by atoms with Crippen LogP contribution in [-0.2, 0) is 0 Å². The van der Waals surface area contributed by atoms with Crippen LogP contribution >= 0.6 is 28.6 Å². The van der Waals surface area contributed by atoms with Gasteiger partial charge in [-0.05, 0) is 28.1 Å². The van der Waals surface area contributed by atoms with Crippen molar-refractivity contribution in [3.05, 3.63) is 28.5 Å². The van der Waals surface area contributed by atoms with E-state index in [2.05, 4.69) is 28.6 Å². The van der Waals surface area contributed by atoms with Crippen LogP contribution in [0.5, 0.6) is 0 Å². The first-order valence-corrected chi connectivity index (χ1v) is 3.59. The summed E-state index contributed by atoms with van der Waals surface area (Å²) in [4.78, 5) is 0.365. The molecule has 0 aliphatic rings. The van der Waals surface area contributed by atoms with Gasteiger partial charge in [-0.1, -0.05) is 6.07 Å². The molecular weight excluding hydrogens is 260 g/mol. The monoisotopic (exact) mass is 266 g/mol. The SMILES string of the molecule is F.F.F.Fc1c(S)cccc1Br. The summed E-state index contributed by atoms with van der Waals surface area (Å²) in [7, 11) is 0. The van der Waals surface area contributed by atoms with Gasteiger partial charge in [0.15, 0.2) is 5.82 Å². The highest BCUT2D eigenvalue weighted by atomic mass is 79.9. The summed E-state index contributed by atoms with van der Waals surface area (Å²) in [6.45, 7) is 0. The first-order valence-electron chi connectivity index (χ1n) is 2.35. The van der Waals surface area contributed by atoms with Crippen LogP contribution < -0.4 is 0 Å². The van der Waals surface area contributed by atoms with E-state index in [9.17, 15) is 4.39 Å². The summed E-state index contributed by atoms with van der Waals surface area (Å²) in [5, 5.41) is 0. The largest absolute Gasteiger partial charge is 0.269 e. The van der Waals surface area contributed by atoms with Gasteiger partial charge in [-0.15, -0.1) is 12.6 Å². The van der Waals surface area contributed by atoms with E-state index in [1.165, 1.54) is 0 Å². The predicted molar refractivity (Wildman–Crippen MR) is 48.9 cm³/mol. The summed E-state index contributed by atoms with van der Waals surface area (Å²) in [6.07, 6.45) is 0. The quantitative estimate of drug-likeness (QED) is 0.541. The second-order valence-electron chi connectivity index (χ2n) is 1.57. The molecule has 0 aliphatic carbocycles. The van der Waals surface area contributed by atoms with Crippen molar-refractivity contribution in [2.75, 3.05) is 0 Å². The molecule has 0 saturated carbocycles. The third-order valence-corrected chi connectivity index (χ3v) is 1.89. The number of hydrogen-bond donors (Lipinski definition) is 1. The summed E-state index contributed by atoms with van der Waals surface area (Å²) in [6, 6.07) is 4.97. The highest BCUT2D eigenvalue weighted by molar-refractivity contribution is 9.10. The van der Waals surface area contributed by atoms with Gasteiger partial charge in [0.25, 0.3) is 0 Å². The lowest BCUT2D eigenvalue weighted by atomic mass is 10.3. The third-order valence-electron chi connectivity index (χ3n) is 0.931. The molecule has 0 nitrogen and oxygen atoms in total. The van der Waals surface area contributed by atoms with Crippen molar-refractivity contribution in [2.24, 2.45) is 0 Å². The molecule has 0 fully saturated rings. The predicted octanol–water partition coefficient (Wildman–Crippen LogP) is 3.33. The Labute approximate surface area is 80.8 Å². The molecule has 1 aromatic rings. The first-order chi connectivity index (χ1) is 4.22. The van der Waals surface area contributed by atoms with Crippen molar-refractivity contribution in [3.8, 4) is 0 Å². The molecule has 1 rings (SSSR count). The highest BCUT2D eigenvalue weighted by Crippen LogP contribution is 2.20. The molecule has 0 radical (unpaired) electrons. The standard InChI is InChI=1S/C6H4BrFS.3FH/c7-4-2-1-3-5(9)6(4)8;;;/h1-3,9H;3*1H. The number of rotatable bonds is 0. The molecular formula is C6H7BrF4S. The minimum atomic E-state index is -0.305. The lowest BCUT2D eigenvalue weighted by Crippen LogP contribution is -1.76. The van der Waals surface area contributed by atoms with Gasteiger partial charge in [0.2, 0.25) is 0 Å². The van der Waals surface area contributed by atoms with Crippen molar-refractivity contribution in [2.45, 2.75) is 4.90 Å². The van der Waals surface area contributed by atoms with Gasteiger partial charge in [0, 0.05) is 4.90 Å². The Hall–Kier alpha value is -0.230. The maximum Gasteiger partial charge on any atom is 0.150 e. The lowest BCUT2D eigenvalue weighted by molar-refractivity contribution is 0.596. The van der Waals surface area contributed by atoms with Gasteiger partial charge in [-0.3, -0.25) is 14.1 Å². The van der Waals surface area contributed by atoms with Crippen LogP contribution in [0, 0.1) is 5.82 Å². The molecule has 72 valence electrons. The van der Waals surface area contributed by atoms with Crippen molar-refractivity contribution >= 4 is 28.6 Å². The molecule has 0 atom stereocenters. The Kier molecular flexibility index (Phi) is 11.0. The Morgan fingerprint density at radius 1 is 1.17 bits per heavy atom. The van der Waals surface area contributed by atoms with E-state index in [1.807, 2.05) is 0 Å². The van der Waals surface area contributed by atoms with Crippen LogP contribution in [0.1, 0.15) is 0 Å². The Bertz CT molecular complexity index is 211. The Morgan fingerprint density at radius 3 is 2.00 bits per heavy atom. The van der Waals surface area contributed by atoms with Gasteiger partial charge in [0.1, 0.15) is 0 Å². The van der Waals surface area contributed by atoms with E-state index in [0.717, 1.165) is 0 Å². The molecule has 0 aromatic heterocycles. The smallest absolute Gasteiger partial charge is 0.150 e. The van der Waals surface area contributed by atoms with Crippen LogP contribution in [0.15, 0.2) is 27.6 Å². The van der Waals surface area contributed by atoms with E-state index < -0.39 is 0 Å². The molecule has 6 heteroatoms. The zero-order valence-electron chi connectivity index (χ0n) is 5.66. The number of benzene rings is 1. The molecule has 1 aromatic carbocycles. The second-order valence-corrected chi connectivity index (χ2v) is 2.91. The van der Waals surface area contributed by atoms with E-state index in [4.69, 9.17) is 0 Å². The summed E-state index contributed by atoms with van der Waals surface area (Å²) < 4.78 is 13.1. The average Bonchev–Trinajstić information content (AvgIpc) is 1.83. The summed E-state index contributed by atoms with van der Waals surface area (Å²) in [5.41, 5.74) is 0. The fraction of sp³-hybridized carbons (Fsp3) is 0. The maximum absolute atomic E-state index is 12.6. The Balaban J connectivity index is -0.000000270. The minimum Gasteiger partial charge on any atom is -0.269 e. The van der Waals surface area contributed by atoms with E-state index in [0.29, 0.717) is 9.37 Å². The fourth-order valence-corrected chi connectivity index (χ4v) is 1.22. The molecule has 0 N–H and O–H groups in total. The molecule has 0 heterocycles. The van der Waals surface area contributed by atoms with Gasteiger partial charge < -0.3 is 0 Å². The van der Waals surface area contributed by atoms with Gasteiger partial charge in [-0.25, -0.2) is 4.39 Å². The topological polar surface area (TPSA) is 0 Å². The van der Waals surface area contributed by atoms with E-state index in [1.54, 1.807) is 18.2 Å². The molecule has 12 heavy (non-hydrogen) atoms. The summed E-state index contributed by atoms with van der Waals surface area (Å²) in [5.74, 6) is -0.305. The van der Waals surface area contributed by atoms with Crippen LogP contribution in [0.2, 0.25) is 0 Å². The maximum atomic E-state index is 12.6. The van der Waals surface area contributed by atoms with Crippen LogP contribution in [0.4, 0.5) is 18.5 Å². The van der Waals surface area contributed by atoms with E-state index >= 15 is 0 Å². The number of thiol groups is 1.